The summed E-state index contributed by atoms with van der Waals surface area (Å²) in [6, 6.07) is 18.1. The van der Waals surface area contributed by atoms with E-state index in [1.807, 2.05) is 67.7 Å². The molecule has 0 bridgehead atoms. The van der Waals surface area contributed by atoms with Crippen molar-refractivity contribution >= 4 is 5.91 Å². The number of nitrogens with zero attached hydrogens (tertiary/aromatic N) is 2. The monoisotopic (exact) mass is 374 g/mol. The number of amides is 1. The van der Waals surface area contributed by atoms with Gasteiger partial charge in [-0.05, 0) is 50.0 Å². The third-order valence-electron chi connectivity index (χ3n) is 5.48. The van der Waals surface area contributed by atoms with Crippen molar-refractivity contribution in [1.29, 1.82) is 0 Å². The van der Waals surface area contributed by atoms with Crippen molar-refractivity contribution in [2.24, 2.45) is 5.92 Å². The molecule has 1 aliphatic rings. The minimum absolute atomic E-state index is 0.0563. The van der Waals surface area contributed by atoms with Gasteiger partial charge in [0.1, 0.15) is 5.69 Å². The summed E-state index contributed by atoms with van der Waals surface area (Å²) < 4.78 is 1.79. The molecule has 144 valence electrons. The second kappa shape index (κ2) is 7.98. The highest BCUT2D eigenvalue weighted by atomic mass is 16.1. The van der Waals surface area contributed by atoms with Crippen molar-refractivity contribution in [1.82, 2.24) is 20.4 Å². The third kappa shape index (κ3) is 3.71. The highest BCUT2D eigenvalue weighted by Gasteiger charge is 2.26. The molecular weight excluding hydrogens is 348 g/mol. The molecule has 1 fully saturated rings. The summed E-state index contributed by atoms with van der Waals surface area (Å²) in [7, 11) is 0. The van der Waals surface area contributed by atoms with Gasteiger partial charge in [-0.2, -0.15) is 5.10 Å². The number of benzene rings is 2. The van der Waals surface area contributed by atoms with E-state index in [4.69, 9.17) is 5.10 Å². The Morgan fingerprint density at radius 3 is 2.64 bits per heavy atom. The third-order valence-corrected chi connectivity index (χ3v) is 5.48. The second-order valence-electron chi connectivity index (χ2n) is 7.54. The van der Waals surface area contributed by atoms with Gasteiger partial charge in [0.2, 0.25) is 0 Å². The summed E-state index contributed by atoms with van der Waals surface area (Å²) >= 11 is 0. The second-order valence-corrected chi connectivity index (χ2v) is 7.54. The lowest BCUT2D eigenvalue weighted by atomic mass is 9.94. The molecule has 2 N–H and O–H groups in total. The van der Waals surface area contributed by atoms with Crippen LogP contribution in [0.4, 0.5) is 0 Å². The summed E-state index contributed by atoms with van der Waals surface area (Å²) in [5.74, 6) is 0.350. The highest BCUT2D eigenvalue weighted by Crippen LogP contribution is 2.27. The first-order valence-corrected chi connectivity index (χ1v) is 9.86. The number of aryl methyl sites for hydroxylation is 1. The molecule has 1 amide bonds. The molecule has 0 radical (unpaired) electrons. The van der Waals surface area contributed by atoms with Crippen molar-refractivity contribution in [2.45, 2.75) is 26.3 Å². The Labute approximate surface area is 165 Å². The van der Waals surface area contributed by atoms with Gasteiger partial charge >= 0.3 is 0 Å². The number of hydrogen-bond acceptors (Lipinski definition) is 3. The van der Waals surface area contributed by atoms with Crippen LogP contribution in [0.5, 0.6) is 0 Å². The van der Waals surface area contributed by atoms with Crippen LogP contribution in [-0.4, -0.2) is 34.8 Å². The van der Waals surface area contributed by atoms with Crippen LogP contribution in [0.2, 0.25) is 0 Å². The number of nitrogens with one attached hydrogen (secondary N) is 2. The molecule has 0 aliphatic carbocycles. The number of para-hydroxylation sites is 1. The Bertz CT molecular complexity index is 964. The van der Waals surface area contributed by atoms with Crippen LogP contribution < -0.4 is 10.6 Å². The van der Waals surface area contributed by atoms with Crippen LogP contribution in [0.15, 0.2) is 60.8 Å². The molecule has 1 aromatic heterocycles. The molecule has 28 heavy (non-hydrogen) atoms. The Kier molecular flexibility index (Phi) is 5.26. The lowest BCUT2D eigenvalue weighted by Gasteiger charge is -2.30. The van der Waals surface area contributed by atoms with E-state index in [-0.39, 0.29) is 11.9 Å². The Balaban J connectivity index is 1.73. The molecule has 0 spiro atoms. The van der Waals surface area contributed by atoms with Crippen molar-refractivity contribution in [3.8, 4) is 16.9 Å². The molecule has 5 heteroatoms. The van der Waals surface area contributed by atoms with Crippen LogP contribution in [0, 0.1) is 12.8 Å². The van der Waals surface area contributed by atoms with E-state index in [0.29, 0.717) is 11.5 Å². The first-order chi connectivity index (χ1) is 13.6. The van der Waals surface area contributed by atoms with E-state index in [1.54, 1.807) is 4.68 Å². The van der Waals surface area contributed by atoms with Crippen molar-refractivity contribution in [3.63, 3.8) is 0 Å². The van der Waals surface area contributed by atoms with E-state index < -0.39 is 0 Å². The molecule has 2 aromatic carbocycles. The molecular formula is C23H26N4O. The van der Waals surface area contributed by atoms with Crippen molar-refractivity contribution in [2.75, 3.05) is 13.1 Å². The van der Waals surface area contributed by atoms with Crippen LogP contribution in [-0.2, 0) is 0 Å². The van der Waals surface area contributed by atoms with Gasteiger partial charge in [0, 0.05) is 17.8 Å². The fourth-order valence-corrected chi connectivity index (χ4v) is 3.77. The topological polar surface area (TPSA) is 59.0 Å². The number of carbonyl (C=O) groups is 1. The van der Waals surface area contributed by atoms with Gasteiger partial charge < -0.3 is 10.6 Å². The quantitative estimate of drug-likeness (QED) is 0.734. The zero-order chi connectivity index (χ0) is 19.5. The van der Waals surface area contributed by atoms with Crippen LogP contribution >= 0.6 is 0 Å². The Hall–Kier alpha value is -2.92. The summed E-state index contributed by atoms with van der Waals surface area (Å²) in [5.41, 5.74) is 4.36. The Morgan fingerprint density at radius 1 is 1.14 bits per heavy atom. The number of rotatable bonds is 4. The van der Waals surface area contributed by atoms with Gasteiger partial charge in [-0.3, -0.25) is 4.79 Å². The van der Waals surface area contributed by atoms with Gasteiger partial charge in [0.05, 0.1) is 11.3 Å². The fraction of sp³-hybridized carbons (Fsp3) is 0.304. The average molecular weight is 374 g/mol. The fourth-order valence-electron chi connectivity index (χ4n) is 3.77. The molecule has 2 unspecified atom stereocenters. The lowest BCUT2D eigenvalue weighted by Crippen LogP contribution is -2.48. The summed E-state index contributed by atoms with van der Waals surface area (Å²) in [6.07, 6.45) is 2.79. The lowest BCUT2D eigenvalue weighted by molar-refractivity contribution is 0.0915. The van der Waals surface area contributed by atoms with E-state index in [2.05, 4.69) is 17.6 Å². The van der Waals surface area contributed by atoms with Crippen LogP contribution in [0.3, 0.4) is 0 Å². The van der Waals surface area contributed by atoms with Gasteiger partial charge in [-0.15, -0.1) is 0 Å². The molecule has 1 saturated heterocycles. The molecule has 3 aromatic rings. The molecule has 2 heterocycles. The van der Waals surface area contributed by atoms with Crippen molar-refractivity contribution in [3.05, 3.63) is 71.9 Å². The number of carbonyl (C=O) groups excluding carboxylic acids is 1. The van der Waals surface area contributed by atoms with Gasteiger partial charge in [-0.25, -0.2) is 4.68 Å². The largest absolute Gasteiger partial charge is 0.349 e. The first-order valence-electron chi connectivity index (χ1n) is 9.86. The van der Waals surface area contributed by atoms with E-state index in [0.717, 1.165) is 42.0 Å². The van der Waals surface area contributed by atoms with E-state index >= 15 is 0 Å². The van der Waals surface area contributed by atoms with Gasteiger partial charge in [-0.1, -0.05) is 49.4 Å². The molecule has 1 aliphatic heterocycles. The maximum atomic E-state index is 13.2. The maximum absolute atomic E-state index is 13.2. The number of aromatic nitrogens is 2. The SMILES string of the molecule is Cc1ccccc1-c1nn(-c2ccccc2)cc1C(=O)NC1CCNCC1C. The highest BCUT2D eigenvalue weighted by molar-refractivity contribution is 6.00. The predicted molar refractivity (Wildman–Crippen MR) is 112 cm³/mol. The smallest absolute Gasteiger partial charge is 0.255 e. The number of hydrogen-bond donors (Lipinski definition) is 2. The number of piperidine rings is 1. The zero-order valence-electron chi connectivity index (χ0n) is 16.4. The zero-order valence-corrected chi connectivity index (χ0v) is 16.4. The van der Waals surface area contributed by atoms with Gasteiger partial charge in [0.15, 0.2) is 0 Å². The summed E-state index contributed by atoms with van der Waals surface area (Å²) in [5, 5.41) is 11.4. The van der Waals surface area contributed by atoms with Gasteiger partial charge in [0.25, 0.3) is 5.91 Å². The van der Waals surface area contributed by atoms with Crippen molar-refractivity contribution < 1.29 is 4.79 Å². The summed E-state index contributed by atoms with van der Waals surface area (Å²) in [4.78, 5) is 13.2. The standard InChI is InChI=1S/C23H26N4O/c1-16-8-6-7-11-19(16)22-20(15-27(26-22)18-9-4-3-5-10-18)23(28)25-21-12-13-24-14-17(21)2/h3-11,15,17,21,24H,12-14H2,1-2H3,(H,25,28). The average Bonchev–Trinajstić information content (AvgIpc) is 3.16. The Morgan fingerprint density at radius 2 is 1.89 bits per heavy atom. The van der Waals surface area contributed by atoms with E-state index in [1.165, 1.54) is 0 Å². The maximum Gasteiger partial charge on any atom is 0.255 e. The van der Waals surface area contributed by atoms with Crippen LogP contribution in [0.1, 0.15) is 29.3 Å². The molecule has 0 saturated carbocycles. The molecule has 2 atom stereocenters. The minimum Gasteiger partial charge on any atom is -0.349 e. The molecule has 4 rings (SSSR count). The minimum atomic E-state index is -0.0563. The molecule has 5 nitrogen and oxygen atoms in total. The predicted octanol–water partition coefficient (Wildman–Crippen LogP) is 3.58. The summed E-state index contributed by atoms with van der Waals surface area (Å²) in [6.45, 7) is 6.09. The first kappa shape index (κ1) is 18.4. The van der Waals surface area contributed by atoms with Crippen LogP contribution in [0.25, 0.3) is 16.9 Å². The van der Waals surface area contributed by atoms with E-state index in [9.17, 15) is 4.79 Å². The normalized spacial score (nSPS) is 19.4.